The van der Waals surface area contributed by atoms with Gasteiger partial charge in [-0.1, -0.05) is 26.0 Å². The predicted molar refractivity (Wildman–Crippen MR) is 99.1 cm³/mol. The number of rotatable bonds is 8. The number of nitrogens with one attached hydrogen (secondary N) is 2. The standard InChI is InChI=1S/C19H26N4O2/c1-14(2)8-9-21-19(20)23-12-15-5-3-6-16(11-15)18(24)22-13-17-7-4-10-25-17/h3-7,10-11,14H,8-9,12-13H2,1-2H3,(H,22,24)(H3,20,21,23). The lowest BCUT2D eigenvalue weighted by Gasteiger charge is -2.08. The first-order valence-corrected chi connectivity index (χ1v) is 8.48. The monoisotopic (exact) mass is 342 g/mol. The van der Waals surface area contributed by atoms with E-state index in [0.717, 1.165) is 18.5 Å². The Balaban J connectivity index is 1.86. The van der Waals surface area contributed by atoms with E-state index < -0.39 is 0 Å². The van der Waals surface area contributed by atoms with Crippen molar-refractivity contribution in [2.24, 2.45) is 16.6 Å². The average Bonchev–Trinajstić information content (AvgIpc) is 3.11. The van der Waals surface area contributed by atoms with Crippen LogP contribution in [0.3, 0.4) is 0 Å². The van der Waals surface area contributed by atoms with E-state index in [1.165, 1.54) is 0 Å². The summed E-state index contributed by atoms with van der Waals surface area (Å²) in [5, 5.41) is 5.92. The van der Waals surface area contributed by atoms with Crippen LogP contribution in [0.15, 0.2) is 52.1 Å². The van der Waals surface area contributed by atoms with Crippen molar-refractivity contribution >= 4 is 11.9 Å². The molecule has 0 atom stereocenters. The number of hydrogen-bond donors (Lipinski definition) is 3. The highest BCUT2D eigenvalue weighted by Crippen LogP contribution is 2.07. The van der Waals surface area contributed by atoms with Crippen LogP contribution < -0.4 is 16.4 Å². The molecule has 0 aliphatic rings. The van der Waals surface area contributed by atoms with Gasteiger partial charge in [0, 0.05) is 12.1 Å². The van der Waals surface area contributed by atoms with Crippen molar-refractivity contribution in [1.29, 1.82) is 0 Å². The molecule has 2 aromatic rings. The fourth-order valence-electron chi connectivity index (χ4n) is 2.21. The number of carbonyl (C=O) groups excluding carboxylic acids is 1. The molecule has 0 fully saturated rings. The molecule has 1 amide bonds. The maximum Gasteiger partial charge on any atom is 0.251 e. The Morgan fingerprint density at radius 3 is 2.80 bits per heavy atom. The lowest BCUT2D eigenvalue weighted by Crippen LogP contribution is -2.32. The first kappa shape index (κ1) is 18.6. The van der Waals surface area contributed by atoms with Crippen LogP contribution >= 0.6 is 0 Å². The maximum atomic E-state index is 12.2. The Kier molecular flexibility index (Phi) is 7.07. The maximum absolute atomic E-state index is 12.2. The van der Waals surface area contributed by atoms with Crippen LogP contribution in [0.1, 0.15) is 41.9 Å². The van der Waals surface area contributed by atoms with Gasteiger partial charge in [-0.2, -0.15) is 0 Å². The fraction of sp³-hybridized carbons (Fsp3) is 0.368. The lowest BCUT2D eigenvalue weighted by molar-refractivity contribution is 0.0948. The topological polar surface area (TPSA) is 92.6 Å². The van der Waals surface area contributed by atoms with E-state index in [-0.39, 0.29) is 5.91 Å². The third kappa shape index (κ3) is 6.71. The van der Waals surface area contributed by atoms with Crippen LogP contribution in [-0.2, 0) is 13.1 Å². The van der Waals surface area contributed by atoms with E-state index in [4.69, 9.17) is 10.2 Å². The van der Waals surface area contributed by atoms with Gasteiger partial charge in [-0.25, -0.2) is 4.99 Å². The normalized spacial score (nSPS) is 11.6. The summed E-state index contributed by atoms with van der Waals surface area (Å²) in [5.74, 6) is 1.62. The van der Waals surface area contributed by atoms with Gasteiger partial charge < -0.3 is 20.8 Å². The second-order valence-electron chi connectivity index (χ2n) is 6.27. The number of guanidine groups is 1. The van der Waals surface area contributed by atoms with Crippen molar-refractivity contribution in [3.8, 4) is 0 Å². The number of nitrogens with zero attached hydrogens (tertiary/aromatic N) is 1. The van der Waals surface area contributed by atoms with Gasteiger partial charge in [0.2, 0.25) is 0 Å². The highest BCUT2D eigenvalue weighted by atomic mass is 16.3. The zero-order chi connectivity index (χ0) is 18.1. The minimum atomic E-state index is -0.148. The molecule has 4 N–H and O–H groups in total. The van der Waals surface area contributed by atoms with Crippen molar-refractivity contribution in [3.05, 3.63) is 59.5 Å². The Morgan fingerprint density at radius 1 is 1.24 bits per heavy atom. The molecule has 1 aromatic heterocycles. The van der Waals surface area contributed by atoms with Gasteiger partial charge in [-0.05, 0) is 42.2 Å². The molecule has 0 spiro atoms. The molecule has 25 heavy (non-hydrogen) atoms. The Morgan fingerprint density at radius 2 is 2.08 bits per heavy atom. The lowest BCUT2D eigenvalue weighted by atomic mass is 10.1. The highest BCUT2D eigenvalue weighted by Gasteiger charge is 2.07. The van der Waals surface area contributed by atoms with Crippen LogP contribution in [0.5, 0.6) is 0 Å². The first-order valence-electron chi connectivity index (χ1n) is 8.48. The minimum absolute atomic E-state index is 0.148. The van der Waals surface area contributed by atoms with Crippen LogP contribution in [0.4, 0.5) is 0 Å². The van der Waals surface area contributed by atoms with Crippen LogP contribution in [-0.4, -0.2) is 18.4 Å². The molecule has 0 aliphatic heterocycles. The van der Waals surface area contributed by atoms with Crippen LogP contribution in [0.2, 0.25) is 0 Å². The zero-order valence-electron chi connectivity index (χ0n) is 14.8. The van der Waals surface area contributed by atoms with Crippen molar-refractivity contribution in [2.45, 2.75) is 33.4 Å². The quantitative estimate of drug-likeness (QED) is 0.508. The van der Waals surface area contributed by atoms with Crippen molar-refractivity contribution in [1.82, 2.24) is 10.6 Å². The van der Waals surface area contributed by atoms with Gasteiger partial charge in [-0.3, -0.25) is 4.79 Å². The summed E-state index contributed by atoms with van der Waals surface area (Å²) in [4.78, 5) is 16.5. The summed E-state index contributed by atoms with van der Waals surface area (Å²) in [7, 11) is 0. The molecule has 0 aliphatic carbocycles. The van der Waals surface area contributed by atoms with E-state index in [9.17, 15) is 4.79 Å². The largest absolute Gasteiger partial charge is 0.467 e. The zero-order valence-corrected chi connectivity index (χ0v) is 14.8. The number of hydrogen-bond acceptors (Lipinski definition) is 3. The van der Waals surface area contributed by atoms with E-state index >= 15 is 0 Å². The van der Waals surface area contributed by atoms with E-state index in [1.54, 1.807) is 18.4 Å². The SMILES string of the molecule is CC(C)CCNC(N)=NCc1cccc(C(=O)NCc2ccco2)c1. The second-order valence-corrected chi connectivity index (χ2v) is 6.27. The number of nitrogens with two attached hydrogens (primary N) is 1. The van der Waals surface area contributed by atoms with E-state index in [2.05, 4.69) is 29.5 Å². The molecule has 0 radical (unpaired) electrons. The molecule has 1 aromatic carbocycles. The molecule has 6 heteroatoms. The summed E-state index contributed by atoms with van der Waals surface area (Å²) in [6.45, 7) is 5.93. The summed E-state index contributed by atoms with van der Waals surface area (Å²) in [5.41, 5.74) is 7.38. The molecule has 134 valence electrons. The third-order valence-corrected chi connectivity index (χ3v) is 3.65. The number of furan rings is 1. The van der Waals surface area contributed by atoms with Gasteiger partial charge in [0.25, 0.3) is 5.91 Å². The summed E-state index contributed by atoms with van der Waals surface area (Å²) in [6.07, 6.45) is 2.63. The molecular weight excluding hydrogens is 316 g/mol. The number of benzene rings is 1. The number of amides is 1. The molecular formula is C19H26N4O2. The molecule has 1 heterocycles. The van der Waals surface area contributed by atoms with Crippen LogP contribution in [0, 0.1) is 5.92 Å². The Bertz CT molecular complexity index is 693. The number of carbonyl (C=O) groups is 1. The van der Waals surface area contributed by atoms with Crippen molar-refractivity contribution in [3.63, 3.8) is 0 Å². The smallest absolute Gasteiger partial charge is 0.251 e. The predicted octanol–water partition coefficient (Wildman–Crippen LogP) is 2.66. The second kappa shape index (κ2) is 9.52. The number of aliphatic imine (C=N–C) groups is 1. The van der Waals surface area contributed by atoms with Crippen molar-refractivity contribution < 1.29 is 9.21 Å². The molecule has 0 saturated heterocycles. The third-order valence-electron chi connectivity index (χ3n) is 3.65. The Labute approximate surface area is 148 Å². The highest BCUT2D eigenvalue weighted by molar-refractivity contribution is 5.94. The molecule has 2 rings (SSSR count). The van der Waals surface area contributed by atoms with Gasteiger partial charge in [0.15, 0.2) is 5.96 Å². The Hall–Kier alpha value is -2.76. The fourth-order valence-corrected chi connectivity index (χ4v) is 2.21. The average molecular weight is 342 g/mol. The van der Waals surface area contributed by atoms with Crippen molar-refractivity contribution in [2.75, 3.05) is 6.54 Å². The van der Waals surface area contributed by atoms with Gasteiger partial charge in [-0.15, -0.1) is 0 Å². The summed E-state index contributed by atoms with van der Waals surface area (Å²) in [6, 6.07) is 11.0. The summed E-state index contributed by atoms with van der Waals surface area (Å²) < 4.78 is 5.20. The molecule has 6 nitrogen and oxygen atoms in total. The molecule has 0 unspecified atom stereocenters. The summed E-state index contributed by atoms with van der Waals surface area (Å²) >= 11 is 0. The van der Waals surface area contributed by atoms with Gasteiger partial charge in [0.1, 0.15) is 5.76 Å². The first-order chi connectivity index (χ1) is 12.0. The molecule has 0 bridgehead atoms. The minimum Gasteiger partial charge on any atom is -0.467 e. The van der Waals surface area contributed by atoms with Gasteiger partial charge in [0.05, 0.1) is 19.4 Å². The van der Waals surface area contributed by atoms with Gasteiger partial charge >= 0.3 is 0 Å². The van der Waals surface area contributed by atoms with Crippen LogP contribution in [0.25, 0.3) is 0 Å². The molecule has 0 saturated carbocycles. The van der Waals surface area contributed by atoms with E-state index in [1.807, 2.05) is 24.3 Å². The van der Waals surface area contributed by atoms with E-state index in [0.29, 0.717) is 36.3 Å².